The van der Waals surface area contributed by atoms with Crippen LogP contribution in [-0.2, 0) is 4.79 Å². The summed E-state index contributed by atoms with van der Waals surface area (Å²) < 4.78 is 66.8. The molecule has 0 spiro atoms. The minimum Gasteiger partial charge on any atom is -0.481 e. The molecule has 1 aromatic carbocycles. The maximum atomic E-state index is 13.7. The second-order valence-corrected chi connectivity index (χ2v) is 4.97. The van der Waals surface area contributed by atoms with Crippen LogP contribution in [0.3, 0.4) is 0 Å². The summed E-state index contributed by atoms with van der Waals surface area (Å²) in [4.78, 5) is 11.7. The molecule has 2 rings (SSSR count). The van der Waals surface area contributed by atoms with Crippen molar-refractivity contribution in [1.29, 1.82) is 0 Å². The number of nitrogens with zero attached hydrogens (tertiary/aromatic N) is 1. The zero-order valence-corrected chi connectivity index (χ0v) is 10.8. The smallest absolute Gasteiger partial charge is 0.303 e. The molecule has 1 saturated heterocycles. The van der Waals surface area contributed by atoms with E-state index in [0.29, 0.717) is 12.8 Å². The number of aliphatic carboxylic acids is 1. The van der Waals surface area contributed by atoms with E-state index in [1.165, 1.54) is 0 Å². The van der Waals surface area contributed by atoms with Crippen molar-refractivity contribution in [2.45, 2.75) is 19.3 Å². The lowest BCUT2D eigenvalue weighted by Gasteiger charge is -2.34. The van der Waals surface area contributed by atoms with Crippen molar-refractivity contribution < 1.29 is 31.9 Å². The first-order valence-electron chi connectivity index (χ1n) is 6.31. The summed E-state index contributed by atoms with van der Waals surface area (Å²) in [5, 5.41) is 8.72. The van der Waals surface area contributed by atoms with Crippen LogP contribution in [-0.4, -0.2) is 24.2 Å². The van der Waals surface area contributed by atoms with Crippen LogP contribution in [0.4, 0.5) is 27.6 Å². The summed E-state index contributed by atoms with van der Waals surface area (Å²) in [5.74, 6) is -11.4. The number of carboxylic acids is 1. The Morgan fingerprint density at radius 2 is 1.57 bits per heavy atom. The van der Waals surface area contributed by atoms with Crippen LogP contribution in [0.1, 0.15) is 19.3 Å². The van der Waals surface area contributed by atoms with Gasteiger partial charge in [-0.25, -0.2) is 22.0 Å². The average molecular weight is 309 g/mol. The number of hydrogen-bond donors (Lipinski definition) is 1. The fourth-order valence-corrected chi connectivity index (χ4v) is 2.55. The Hall–Kier alpha value is -1.86. The lowest BCUT2D eigenvalue weighted by Crippen LogP contribution is -2.37. The number of piperidine rings is 1. The van der Waals surface area contributed by atoms with Crippen molar-refractivity contribution in [3.05, 3.63) is 29.1 Å². The number of rotatable bonds is 3. The van der Waals surface area contributed by atoms with Gasteiger partial charge in [-0.2, -0.15) is 0 Å². The van der Waals surface area contributed by atoms with Crippen molar-refractivity contribution >= 4 is 11.7 Å². The average Bonchev–Trinajstić information content (AvgIpc) is 2.43. The van der Waals surface area contributed by atoms with Crippen LogP contribution >= 0.6 is 0 Å². The second kappa shape index (κ2) is 5.87. The molecule has 1 heterocycles. The molecule has 1 aliphatic heterocycles. The van der Waals surface area contributed by atoms with Gasteiger partial charge in [-0.3, -0.25) is 4.79 Å². The van der Waals surface area contributed by atoms with Gasteiger partial charge in [-0.15, -0.1) is 0 Å². The fourth-order valence-electron chi connectivity index (χ4n) is 2.55. The van der Waals surface area contributed by atoms with Gasteiger partial charge in [0, 0.05) is 19.5 Å². The molecule has 1 fully saturated rings. The molecule has 3 nitrogen and oxygen atoms in total. The molecule has 0 aliphatic carbocycles. The normalized spacial score (nSPS) is 18.9. The van der Waals surface area contributed by atoms with E-state index in [1.54, 1.807) is 0 Å². The van der Waals surface area contributed by atoms with E-state index in [2.05, 4.69) is 0 Å². The summed E-state index contributed by atoms with van der Waals surface area (Å²) in [5.41, 5.74) is -0.985. The first-order valence-corrected chi connectivity index (χ1v) is 6.31. The summed E-state index contributed by atoms with van der Waals surface area (Å²) in [6.07, 6.45) is 0.724. The summed E-state index contributed by atoms with van der Waals surface area (Å²) in [6.45, 7) is 0.0408. The highest BCUT2D eigenvalue weighted by Crippen LogP contribution is 2.33. The molecule has 8 heteroatoms. The van der Waals surface area contributed by atoms with Crippen LogP contribution in [0.25, 0.3) is 0 Å². The monoisotopic (exact) mass is 309 g/mol. The van der Waals surface area contributed by atoms with Crippen LogP contribution in [0, 0.1) is 35.0 Å². The molecule has 0 saturated carbocycles. The van der Waals surface area contributed by atoms with Gasteiger partial charge in [0.15, 0.2) is 23.3 Å². The predicted molar refractivity (Wildman–Crippen MR) is 63.4 cm³/mol. The molecule has 1 aliphatic rings. The third-order valence-corrected chi connectivity index (χ3v) is 3.49. The molecule has 0 radical (unpaired) electrons. The van der Waals surface area contributed by atoms with Crippen molar-refractivity contribution in [3.8, 4) is 0 Å². The highest BCUT2D eigenvalue weighted by Gasteiger charge is 2.32. The Labute approximate surface area is 117 Å². The van der Waals surface area contributed by atoms with Gasteiger partial charge < -0.3 is 10.0 Å². The minimum absolute atomic E-state index is 0.0648. The Morgan fingerprint density at radius 1 is 1.05 bits per heavy atom. The van der Waals surface area contributed by atoms with E-state index in [0.717, 1.165) is 4.90 Å². The van der Waals surface area contributed by atoms with Gasteiger partial charge >= 0.3 is 5.97 Å². The largest absolute Gasteiger partial charge is 0.481 e. The lowest BCUT2D eigenvalue weighted by molar-refractivity contribution is -0.138. The number of anilines is 1. The molecule has 1 aromatic rings. The lowest BCUT2D eigenvalue weighted by atomic mass is 9.94. The molecule has 1 atom stereocenters. The van der Waals surface area contributed by atoms with Crippen LogP contribution in [0.2, 0.25) is 0 Å². The van der Waals surface area contributed by atoms with Crippen molar-refractivity contribution in [1.82, 2.24) is 0 Å². The second-order valence-electron chi connectivity index (χ2n) is 4.97. The third-order valence-electron chi connectivity index (χ3n) is 3.49. The van der Waals surface area contributed by atoms with E-state index in [9.17, 15) is 26.7 Å². The van der Waals surface area contributed by atoms with Gasteiger partial charge in [-0.05, 0) is 18.8 Å². The molecule has 1 unspecified atom stereocenters. The maximum absolute atomic E-state index is 13.7. The Balaban J connectivity index is 2.35. The number of carboxylic acid groups (broad SMARTS) is 1. The van der Waals surface area contributed by atoms with Gasteiger partial charge in [-0.1, -0.05) is 0 Å². The van der Waals surface area contributed by atoms with E-state index in [-0.39, 0.29) is 19.5 Å². The molecule has 0 amide bonds. The SMILES string of the molecule is O=C(O)CC1CCCN(c2c(F)c(F)c(F)c(F)c2F)C1. The van der Waals surface area contributed by atoms with E-state index in [4.69, 9.17) is 5.11 Å². The van der Waals surface area contributed by atoms with E-state index in [1.807, 2.05) is 0 Å². The van der Waals surface area contributed by atoms with E-state index >= 15 is 0 Å². The summed E-state index contributed by atoms with van der Waals surface area (Å²) >= 11 is 0. The maximum Gasteiger partial charge on any atom is 0.303 e. The third kappa shape index (κ3) is 2.93. The molecule has 0 bridgehead atoms. The standard InChI is InChI=1S/C13H12F5NO2/c14-8-9(15)11(17)13(12(18)10(8)16)19-3-1-2-6(5-19)4-7(20)21/h6H,1-5H2,(H,20,21). The van der Waals surface area contributed by atoms with E-state index < -0.39 is 46.7 Å². The molecule has 21 heavy (non-hydrogen) atoms. The number of carbonyl (C=O) groups is 1. The fraction of sp³-hybridized carbons (Fsp3) is 0.462. The van der Waals surface area contributed by atoms with Crippen molar-refractivity contribution in [2.75, 3.05) is 18.0 Å². The molecular weight excluding hydrogens is 297 g/mol. The Kier molecular flexibility index (Phi) is 4.34. The zero-order valence-electron chi connectivity index (χ0n) is 10.8. The molecular formula is C13H12F5NO2. The first-order chi connectivity index (χ1) is 9.82. The zero-order chi connectivity index (χ0) is 15.7. The van der Waals surface area contributed by atoms with Crippen LogP contribution in [0.15, 0.2) is 0 Å². The number of hydrogen-bond acceptors (Lipinski definition) is 2. The van der Waals surface area contributed by atoms with Gasteiger partial charge in [0.25, 0.3) is 0 Å². The van der Waals surface area contributed by atoms with Crippen LogP contribution in [0.5, 0.6) is 0 Å². The molecule has 1 N–H and O–H groups in total. The van der Waals surface area contributed by atoms with Gasteiger partial charge in [0.1, 0.15) is 5.69 Å². The first kappa shape index (κ1) is 15.5. The Morgan fingerprint density at radius 3 is 2.10 bits per heavy atom. The number of halogens is 5. The molecule has 116 valence electrons. The van der Waals surface area contributed by atoms with Gasteiger partial charge in [0.05, 0.1) is 0 Å². The summed E-state index contributed by atoms with van der Waals surface area (Å²) in [6, 6.07) is 0. The topological polar surface area (TPSA) is 40.5 Å². The molecule has 0 aromatic heterocycles. The highest BCUT2D eigenvalue weighted by atomic mass is 19.2. The van der Waals surface area contributed by atoms with Crippen molar-refractivity contribution in [2.24, 2.45) is 5.92 Å². The number of benzene rings is 1. The predicted octanol–water partition coefficient (Wildman–Crippen LogP) is 3.07. The van der Waals surface area contributed by atoms with Crippen molar-refractivity contribution in [3.63, 3.8) is 0 Å². The Bertz CT molecular complexity index is 549. The summed E-state index contributed by atoms with van der Waals surface area (Å²) in [7, 11) is 0. The van der Waals surface area contributed by atoms with Crippen LogP contribution < -0.4 is 4.90 Å². The van der Waals surface area contributed by atoms with Gasteiger partial charge in [0.2, 0.25) is 5.82 Å². The highest BCUT2D eigenvalue weighted by molar-refractivity contribution is 5.67. The minimum atomic E-state index is -2.20. The quantitative estimate of drug-likeness (QED) is 0.530.